The maximum Gasteiger partial charge on any atom is 0.297 e. The van der Waals surface area contributed by atoms with E-state index in [-0.39, 0.29) is 29.2 Å². The molecule has 2 aromatic heterocycles. The largest absolute Gasteiger partial charge is 0.450 e. The number of benzene rings is 3. The van der Waals surface area contributed by atoms with Crippen LogP contribution in [0.1, 0.15) is 43.9 Å². The summed E-state index contributed by atoms with van der Waals surface area (Å²) in [5.74, 6) is -1.06. The van der Waals surface area contributed by atoms with Gasteiger partial charge in [-0.25, -0.2) is 4.98 Å². The molecule has 4 heterocycles. The molecule has 0 fully saturated rings. The zero-order valence-electron chi connectivity index (χ0n) is 21.5. The van der Waals surface area contributed by atoms with E-state index >= 15 is 0 Å². The lowest BCUT2D eigenvalue weighted by atomic mass is 9.84. The summed E-state index contributed by atoms with van der Waals surface area (Å²) in [6.45, 7) is 6.13. The second-order valence-electron chi connectivity index (χ2n) is 10.1. The third-order valence-corrected chi connectivity index (χ3v) is 8.53. The monoisotopic (exact) mass is 533 g/mol. The molecule has 8 heteroatoms. The highest BCUT2D eigenvalue weighted by Gasteiger charge is 2.66. The van der Waals surface area contributed by atoms with Gasteiger partial charge in [0.15, 0.2) is 16.1 Å². The highest BCUT2D eigenvalue weighted by Crippen LogP contribution is 2.54. The van der Waals surface area contributed by atoms with Crippen LogP contribution >= 0.6 is 11.3 Å². The van der Waals surface area contributed by atoms with E-state index in [1.54, 1.807) is 28.6 Å². The summed E-state index contributed by atoms with van der Waals surface area (Å²) < 4.78 is 6.20. The number of thiazole rings is 1. The van der Waals surface area contributed by atoms with Gasteiger partial charge in [-0.3, -0.25) is 19.3 Å². The lowest BCUT2D eigenvalue weighted by Gasteiger charge is -2.32. The molecule has 0 saturated carbocycles. The smallest absolute Gasteiger partial charge is 0.297 e. The van der Waals surface area contributed by atoms with E-state index < -0.39 is 11.4 Å². The fourth-order valence-electron chi connectivity index (χ4n) is 5.89. The van der Waals surface area contributed by atoms with Crippen molar-refractivity contribution in [3.05, 3.63) is 122 Å². The van der Waals surface area contributed by atoms with Crippen molar-refractivity contribution in [3.63, 3.8) is 0 Å². The number of amides is 2. The molecule has 2 aliphatic rings. The molecule has 0 aliphatic carbocycles. The number of carbonyl (C=O) groups is 2. The van der Waals surface area contributed by atoms with E-state index in [0.29, 0.717) is 27.4 Å². The number of hydrogen-bond acceptors (Lipinski definition) is 6. The minimum Gasteiger partial charge on any atom is -0.450 e. The van der Waals surface area contributed by atoms with Crippen LogP contribution in [0.3, 0.4) is 0 Å². The number of carbonyl (C=O) groups excluding carboxylic acids is 2. The van der Waals surface area contributed by atoms with Gasteiger partial charge in [0.1, 0.15) is 5.58 Å². The number of rotatable bonds is 3. The lowest BCUT2D eigenvalue weighted by Crippen LogP contribution is -2.53. The molecule has 1 unspecified atom stereocenters. The average Bonchev–Trinajstić information content (AvgIpc) is 3.59. The Kier molecular flexibility index (Phi) is 4.96. The highest BCUT2D eigenvalue weighted by atomic mass is 32.1. The van der Waals surface area contributed by atoms with Gasteiger partial charge in [-0.2, -0.15) is 0 Å². The molecule has 0 radical (unpaired) electrons. The van der Waals surface area contributed by atoms with Gasteiger partial charge in [0, 0.05) is 17.1 Å². The second kappa shape index (κ2) is 8.22. The molecule has 192 valence electrons. The van der Waals surface area contributed by atoms with Crippen molar-refractivity contribution in [2.75, 3.05) is 9.80 Å². The molecule has 1 spiro atoms. The zero-order valence-corrected chi connectivity index (χ0v) is 22.3. The Labute approximate surface area is 227 Å². The minimum atomic E-state index is -1.74. The summed E-state index contributed by atoms with van der Waals surface area (Å²) in [6, 6.07) is 18.8. The number of para-hydroxylation sites is 1. The average molecular weight is 534 g/mol. The Balaban J connectivity index is 1.56. The standard InChI is InChI=1S/C31H23N3O4S/c1-17-7-6-8-20(13-17)16-33-23-10-5-4-9-22(23)31(29(33)37)25-26(35)21-14-18(2)19(3)15-24(21)38-27(25)28(36)34(31)30-32-11-12-39-30/h4-15H,16H2,1-3H3. The van der Waals surface area contributed by atoms with Crippen molar-refractivity contribution in [2.45, 2.75) is 32.9 Å². The second-order valence-corrected chi connectivity index (χ2v) is 11.0. The van der Waals surface area contributed by atoms with Gasteiger partial charge in [-0.1, -0.05) is 48.0 Å². The van der Waals surface area contributed by atoms with E-state index in [0.717, 1.165) is 22.3 Å². The molecule has 7 rings (SSSR count). The van der Waals surface area contributed by atoms with Crippen molar-refractivity contribution in [1.29, 1.82) is 0 Å². The van der Waals surface area contributed by atoms with Crippen LogP contribution in [-0.2, 0) is 16.9 Å². The predicted molar refractivity (Wildman–Crippen MR) is 150 cm³/mol. The van der Waals surface area contributed by atoms with Gasteiger partial charge in [-0.05, 0) is 55.7 Å². The Morgan fingerprint density at radius 1 is 0.949 bits per heavy atom. The number of hydrogen-bond donors (Lipinski definition) is 0. The maximum absolute atomic E-state index is 14.8. The van der Waals surface area contributed by atoms with Gasteiger partial charge in [0.25, 0.3) is 11.8 Å². The van der Waals surface area contributed by atoms with Crippen molar-refractivity contribution in [1.82, 2.24) is 4.98 Å². The molecule has 7 nitrogen and oxygen atoms in total. The molecule has 0 N–H and O–H groups in total. The number of aromatic nitrogens is 1. The Morgan fingerprint density at radius 3 is 2.51 bits per heavy atom. The fraction of sp³-hybridized carbons (Fsp3) is 0.161. The van der Waals surface area contributed by atoms with Crippen molar-refractivity contribution in [2.24, 2.45) is 0 Å². The summed E-state index contributed by atoms with van der Waals surface area (Å²) in [7, 11) is 0. The van der Waals surface area contributed by atoms with Crippen LogP contribution in [0, 0.1) is 20.8 Å². The summed E-state index contributed by atoms with van der Waals surface area (Å²) in [5.41, 5.74) is 3.32. The lowest BCUT2D eigenvalue weighted by molar-refractivity contribution is -0.121. The van der Waals surface area contributed by atoms with Crippen LogP contribution in [0.15, 0.2) is 81.5 Å². The number of aryl methyl sites for hydroxylation is 3. The first-order valence-corrected chi connectivity index (χ1v) is 13.5. The summed E-state index contributed by atoms with van der Waals surface area (Å²) in [5, 5.41) is 2.41. The fourth-order valence-corrected chi connectivity index (χ4v) is 6.58. The number of anilines is 2. The molecular weight excluding hydrogens is 510 g/mol. The van der Waals surface area contributed by atoms with Crippen molar-refractivity contribution in [3.8, 4) is 0 Å². The van der Waals surface area contributed by atoms with Crippen molar-refractivity contribution < 1.29 is 14.0 Å². The van der Waals surface area contributed by atoms with Gasteiger partial charge >= 0.3 is 0 Å². The van der Waals surface area contributed by atoms with Gasteiger partial charge in [0.2, 0.25) is 5.76 Å². The Bertz CT molecular complexity index is 1910. The van der Waals surface area contributed by atoms with E-state index in [4.69, 9.17) is 4.42 Å². The third-order valence-electron chi connectivity index (χ3n) is 7.77. The van der Waals surface area contributed by atoms with Crippen LogP contribution in [0.5, 0.6) is 0 Å². The first-order valence-electron chi connectivity index (χ1n) is 12.6. The van der Waals surface area contributed by atoms with E-state index in [2.05, 4.69) is 4.98 Å². The molecule has 2 aliphatic heterocycles. The van der Waals surface area contributed by atoms with Crippen LogP contribution in [0.2, 0.25) is 0 Å². The third kappa shape index (κ3) is 3.09. The van der Waals surface area contributed by atoms with Crippen LogP contribution < -0.4 is 15.2 Å². The SMILES string of the molecule is Cc1cccc(CN2C(=O)C3(c4ccccc42)c2c(oc4cc(C)c(C)cc4c2=O)C(=O)N3c2nccs2)c1. The quantitative estimate of drug-likeness (QED) is 0.300. The number of fused-ring (bicyclic) bond motifs is 5. The molecule has 39 heavy (non-hydrogen) atoms. The molecule has 0 saturated heterocycles. The van der Waals surface area contributed by atoms with E-state index in [1.807, 2.05) is 69.3 Å². The predicted octanol–water partition coefficient (Wildman–Crippen LogP) is 5.63. The van der Waals surface area contributed by atoms with E-state index in [1.165, 1.54) is 16.2 Å². The Morgan fingerprint density at radius 2 is 1.74 bits per heavy atom. The molecular formula is C31H23N3O4S. The van der Waals surface area contributed by atoms with Crippen molar-refractivity contribution >= 4 is 44.9 Å². The van der Waals surface area contributed by atoms with Crippen LogP contribution in [0.25, 0.3) is 11.0 Å². The summed E-state index contributed by atoms with van der Waals surface area (Å²) >= 11 is 1.23. The summed E-state index contributed by atoms with van der Waals surface area (Å²) in [6.07, 6.45) is 1.58. The minimum absolute atomic E-state index is 0.0441. The van der Waals surface area contributed by atoms with E-state index in [9.17, 15) is 14.4 Å². The van der Waals surface area contributed by atoms with Gasteiger partial charge < -0.3 is 9.32 Å². The molecule has 0 bridgehead atoms. The normalized spacial score (nSPS) is 17.9. The molecule has 2 amide bonds. The molecule has 1 atom stereocenters. The first kappa shape index (κ1) is 23.5. The number of nitrogens with zero attached hydrogens (tertiary/aromatic N) is 3. The molecule has 3 aromatic carbocycles. The van der Waals surface area contributed by atoms with Crippen LogP contribution in [0.4, 0.5) is 10.8 Å². The summed E-state index contributed by atoms with van der Waals surface area (Å²) in [4.78, 5) is 50.8. The first-order chi connectivity index (χ1) is 18.8. The van der Waals surface area contributed by atoms with Crippen LogP contribution in [-0.4, -0.2) is 16.8 Å². The zero-order chi connectivity index (χ0) is 27.1. The topological polar surface area (TPSA) is 83.7 Å². The highest BCUT2D eigenvalue weighted by molar-refractivity contribution is 7.13. The maximum atomic E-state index is 14.8. The Hall–Kier alpha value is -4.56. The molecule has 5 aromatic rings. The van der Waals surface area contributed by atoms with Gasteiger partial charge in [0.05, 0.1) is 23.2 Å². The van der Waals surface area contributed by atoms with Gasteiger partial charge in [-0.15, -0.1) is 11.3 Å².